The van der Waals surface area contributed by atoms with Crippen LogP contribution in [0.25, 0.3) is 0 Å². The van der Waals surface area contributed by atoms with Crippen molar-refractivity contribution < 1.29 is 4.58 Å². The first-order valence-electron chi connectivity index (χ1n) is 13.5. The molecule has 0 aromatic heterocycles. The van der Waals surface area contributed by atoms with E-state index in [1.165, 1.54) is 11.4 Å². The minimum atomic E-state index is 0. The average molecular weight is 528 g/mol. The third-order valence-corrected chi connectivity index (χ3v) is 4.24. The van der Waals surface area contributed by atoms with Crippen molar-refractivity contribution in [1.29, 1.82) is 0 Å². The molecule has 0 radical (unpaired) electrons. The maximum absolute atomic E-state index is 2.24. The minimum absolute atomic E-state index is 0. The van der Waals surface area contributed by atoms with Gasteiger partial charge >= 0.3 is 0 Å². The van der Waals surface area contributed by atoms with Gasteiger partial charge in [0.25, 0.3) is 0 Å². The van der Waals surface area contributed by atoms with E-state index in [0.717, 1.165) is 0 Å². The second-order valence-electron chi connectivity index (χ2n) is 6.98. The van der Waals surface area contributed by atoms with Crippen molar-refractivity contribution in [3.05, 3.63) is 60.6 Å². The van der Waals surface area contributed by atoms with Gasteiger partial charge in [-0.1, -0.05) is 151 Å². The quantitative estimate of drug-likeness (QED) is 0.261. The second kappa shape index (κ2) is 38.7. The standard InChI is InChI=1S/C19H27N2.6C2H6.4CH4/c1-18(2)12-14-20(5)16(18)10-8-7-9-11-17-19(3,4)13-15-21(17)6;6*1-2;;;;/h7-15H,1-6H3;6*1-2H3;4*1H4/q+1;;;;;;;;;;. The van der Waals surface area contributed by atoms with Gasteiger partial charge in [-0.25, -0.2) is 4.58 Å². The van der Waals surface area contributed by atoms with Crippen LogP contribution in [0.2, 0.25) is 0 Å². The number of hydrogen-bond donors (Lipinski definition) is 0. The molecule has 0 aliphatic carbocycles. The van der Waals surface area contributed by atoms with Crippen molar-refractivity contribution in [2.24, 2.45) is 10.8 Å². The molecular weight excluding hydrogens is 448 g/mol. The Morgan fingerprint density at radius 1 is 0.622 bits per heavy atom. The highest BCUT2D eigenvalue weighted by atomic mass is 15.1. The van der Waals surface area contributed by atoms with E-state index in [0.29, 0.717) is 0 Å². The molecule has 0 aromatic carbocycles. The van der Waals surface area contributed by atoms with Crippen molar-refractivity contribution in [3.63, 3.8) is 0 Å². The summed E-state index contributed by atoms with van der Waals surface area (Å²) in [6, 6.07) is 0. The van der Waals surface area contributed by atoms with Gasteiger partial charge in [-0.2, -0.15) is 0 Å². The van der Waals surface area contributed by atoms with Gasteiger partial charge in [0.2, 0.25) is 0 Å². The summed E-state index contributed by atoms with van der Waals surface area (Å²) in [6.07, 6.45) is 19.5. The van der Waals surface area contributed by atoms with E-state index >= 15 is 0 Å². The average Bonchev–Trinajstić information content (AvgIpc) is 3.29. The van der Waals surface area contributed by atoms with Gasteiger partial charge in [-0.3, -0.25) is 0 Å². The Balaban J connectivity index is -0.0000000619. The van der Waals surface area contributed by atoms with Crippen LogP contribution < -0.4 is 0 Å². The Morgan fingerprint density at radius 2 is 1.03 bits per heavy atom. The zero-order valence-corrected chi connectivity index (χ0v) is 26.1. The first-order chi connectivity index (χ1) is 15.7. The van der Waals surface area contributed by atoms with Gasteiger partial charge in [0.15, 0.2) is 11.9 Å². The Labute approximate surface area is 241 Å². The van der Waals surface area contributed by atoms with Crippen LogP contribution in [0.3, 0.4) is 0 Å². The molecule has 0 unspecified atom stereocenters. The minimum Gasteiger partial charge on any atom is -0.354 e. The van der Waals surface area contributed by atoms with Gasteiger partial charge in [0, 0.05) is 30.4 Å². The summed E-state index contributed by atoms with van der Waals surface area (Å²) in [6.45, 7) is 32.9. The molecule has 0 bridgehead atoms. The van der Waals surface area contributed by atoms with Crippen LogP contribution in [0.15, 0.2) is 60.6 Å². The highest BCUT2D eigenvalue weighted by Gasteiger charge is 2.31. The smallest absolute Gasteiger partial charge is 0.190 e. The maximum atomic E-state index is 2.24. The van der Waals surface area contributed by atoms with E-state index < -0.39 is 0 Å². The summed E-state index contributed by atoms with van der Waals surface area (Å²) in [5.41, 5.74) is 2.88. The lowest BCUT2D eigenvalue weighted by Crippen LogP contribution is -2.21. The van der Waals surface area contributed by atoms with Gasteiger partial charge in [-0.15, -0.1) is 0 Å². The maximum Gasteiger partial charge on any atom is 0.190 e. The third kappa shape index (κ3) is 24.3. The first-order valence-corrected chi connectivity index (χ1v) is 13.5. The fourth-order valence-electron chi connectivity index (χ4n) is 2.86. The summed E-state index contributed by atoms with van der Waals surface area (Å²) in [5, 5.41) is 0. The molecule has 0 fully saturated rings. The van der Waals surface area contributed by atoms with E-state index in [1.807, 2.05) is 83.1 Å². The molecule has 0 amide bonds. The molecule has 2 heterocycles. The molecular formula is C35H79N2+. The van der Waals surface area contributed by atoms with E-state index in [9.17, 15) is 0 Å². The molecule has 2 rings (SSSR count). The normalized spacial score (nSPS) is 15.4. The van der Waals surface area contributed by atoms with E-state index in [-0.39, 0.29) is 40.5 Å². The number of hydrogen-bond acceptors (Lipinski definition) is 1. The summed E-state index contributed by atoms with van der Waals surface area (Å²) in [4.78, 5) is 2.18. The molecule has 228 valence electrons. The summed E-state index contributed by atoms with van der Waals surface area (Å²) in [5.74, 6) is 0. The van der Waals surface area contributed by atoms with Crippen LogP contribution in [-0.2, 0) is 0 Å². The molecule has 0 N–H and O–H groups in total. The van der Waals surface area contributed by atoms with Gasteiger partial charge < -0.3 is 4.90 Å². The van der Waals surface area contributed by atoms with Gasteiger partial charge in [0.05, 0.1) is 5.41 Å². The van der Waals surface area contributed by atoms with Crippen molar-refractivity contribution in [3.8, 4) is 0 Å². The van der Waals surface area contributed by atoms with Crippen LogP contribution in [-0.4, -0.2) is 29.3 Å². The predicted octanol–water partition coefficient (Wildman–Crippen LogP) is 12.8. The molecule has 0 atom stereocenters. The first kappa shape index (κ1) is 60.0. The predicted molar refractivity (Wildman–Crippen MR) is 186 cm³/mol. The Bertz CT molecular complexity index is 595. The molecule has 2 heteroatoms. The molecule has 0 aromatic rings. The van der Waals surface area contributed by atoms with Crippen molar-refractivity contribution in [2.75, 3.05) is 14.1 Å². The van der Waals surface area contributed by atoms with Crippen molar-refractivity contribution in [2.45, 2.75) is 140 Å². The molecule has 0 saturated carbocycles. The van der Waals surface area contributed by atoms with Gasteiger partial charge in [-0.05, 0) is 26.0 Å². The van der Waals surface area contributed by atoms with E-state index in [4.69, 9.17) is 0 Å². The van der Waals surface area contributed by atoms with Crippen LogP contribution in [0.4, 0.5) is 0 Å². The summed E-state index contributed by atoms with van der Waals surface area (Å²) >= 11 is 0. The van der Waals surface area contributed by atoms with Crippen molar-refractivity contribution >= 4 is 5.71 Å². The van der Waals surface area contributed by atoms with E-state index in [1.54, 1.807) is 0 Å². The van der Waals surface area contributed by atoms with E-state index in [2.05, 4.69) is 106 Å². The molecule has 0 saturated heterocycles. The summed E-state index contributed by atoms with van der Waals surface area (Å²) in [7, 11) is 4.19. The summed E-state index contributed by atoms with van der Waals surface area (Å²) < 4.78 is 2.18. The molecule has 2 aliphatic heterocycles. The van der Waals surface area contributed by atoms with Crippen LogP contribution in [0.1, 0.15) is 140 Å². The fourth-order valence-corrected chi connectivity index (χ4v) is 2.86. The zero-order chi connectivity index (χ0) is 27.7. The fraction of sp³-hybridized carbons (Fsp3) is 0.686. The molecule has 37 heavy (non-hydrogen) atoms. The number of allylic oxidation sites excluding steroid dienone is 7. The van der Waals surface area contributed by atoms with Crippen LogP contribution >= 0.6 is 0 Å². The lowest BCUT2D eigenvalue weighted by Gasteiger charge is -2.22. The zero-order valence-electron chi connectivity index (χ0n) is 26.1. The Kier molecular flexibility index (Phi) is 62.7. The monoisotopic (exact) mass is 528 g/mol. The van der Waals surface area contributed by atoms with Crippen molar-refractivity contribution in [1.82, 2.24) is 4.90 Å². The highest BCUT2D eigenvalue weighted by Crippen LogP contribution is 2.35. The van der Waals surface area contributed by atoms with Gasteiger partial charge in [0.1, 0.15) is 7.05 Å². The molecule has 2 nitrogen and oxygen atoms in total. The molecule has 2 aliphatic rings. The Morgan fingerprint density at radius 3 is 1.32 bits per heavy atom. The second-order valence-corrected chi connectivity index (χ2v) is 6.98. The lowest BCUT2D eigenvalue weighted by atomic mass is 9.88. The number of rotatable bonds is 3. The number of nitrogens with zero attached hydrogens (tertiary/aromatic N) is 2. The highest BCUT2D eigenvalue weighted by molar-refractivity contribution is 5.98. The lowest BCUT2D eigenvalue weighted by molar-refractivity contribution is -0.419. The van der Waals surface area contributed by atoms with Crippen LogP contribution in [0, 0.1) is 10.8 Å². The Hall–Kier alpha value is -1.83. The third-order valence-electron chi connectivity index (χ3n) is 4.24. The molecule has 0 spiro atoms. The largest absolute Gasteiger partial charge is 0.354 e. The van der Waals surface area contributed by atoms with Crippen LogP contribution in [0.5, 0.6) is 0 Å². The topological polar surface area (TPSA) is 6.25 Å². The SMILES string of the molecule is C.C.C.C.CC.CC.CC.CC.CC.CC.CN1C=CC(C)(C)C1=CC=CC=CC1=[N+](C)C=CC1(C)C.